The maximum absolute atomic E-state index is 12.5. The van der Waals surface area contributed by atoms with E-state index >= 15 is 0 Å². The minimum absolute atomic E-state index is 0.166. The minimum atomic E-state index is -0.651. The molecule has 3 rings (SSSR count). The molecule has 1 aromatic carbocycles. The van der Waals surface area contributed by atoms with Crippen LogP contribution in [0.2, 0.25) is 0 Å². The molecule has 0 bridgehead atoms. The van der Waals surface area contributed by atoms with Crippen LogP contribution < -0.4 is 4.90 Å². The Morgan fingerprint density at radius 3 is 2.67 bits per heavy atom. The summed E-state index contributed by atoms with van der Waals surface area (Å²) in [5.74, 6) is -0.560. The molecule has 0 saturated carbocycles. The zero-order chi connectivity index (χ0) is 19.2. The zero-order valence-corrected chi connectivity index (χ0v) is 16.5. The number of amides is 1. The van der Waals surface area contributed by atoms with Gasteiger partial charge in [0.05, 0.1) is 5.92 Å². The van der Waals surface area contributed by atoms with Gasteiger partial charge >= 0.3 is 5.97 Å². The summed E-state index contributed by atoms with van der Waals surface area (Å²) in [6, 6.07) is 6.57. The molecule has 1 amide bonds. The molecule has 5 nitrogen and oxygen atoms in total. The highest BCUT2D eigenvalue weighted by molar-refractivity contribution is 5.94. The van der Waals surface area contributed by atoms with Crippen molar-refractivity contribution in [3.05, 3.63) is 29.3 Å². The predicted molar refractivity (Wildman–Crippen MR) is 107 cm³/mol. The smallest absolute Gasteiger partial charge is 0.306 e. The van der Waals surface area contributed by atoms with Gasteiger partial charge < -0.3 is 14.9 Å². The second-order valence-electron chi connectivity index (χ2n) is 7.92. The first-order valence-electron chi connectivity index (χ1n) is 10.5. The van der Waals surface area contributed by atoms with Crippen molar-refractivity contribution in [2.24, 2.45) is 5.92 Å². The summed E-state index contributed by atoms with van der Waals surface area (Å²) in [6.07, 6.45) is 7.24. The van der Waals surface area contributed by atoms with E-state index in [0.29, 0.717) is 6.42 Å². The average molecular weight is 373 g/mol. The molecular weight excluding hydrogens is 340 g/mol. The molecule has 0 aliphatic carbocycles. The first-order valence-corrected chi connectivity index (χ1v) is 10.5. The molecule has 0 atom stereocenters. The van der Waals surface area contributed by atoms with E-state index in [1.807, 2.05) is 4.90 Å². The van der Waals surface area contributed by atoms with Crippen LogP contribution in [-0.4, -0.2) is 48.1 Å². The molecule has 0 radical (unpaired) electrons. The molecule has 0 spiro atoms. The van der Waals surface area contributed by atoms with E-state index in [1.165, 1.54) is 11.1 Å². The third kappa shape index (κ3) is 5.10. The fraction of sp³-hybridized carbons (Fsp3) is 0.636. The third-order valence-electron chi connectivity index (χ3n) is 5.96. The Balaban J connectivity index is 1.56. The summed E-state index contributed by atoms with van der Waals surface area (Å²) >= 11 is 0. The van der Waals surface area contributed by atoms with E-state index in [4.69, 9.17) is 5.11 Å². The SMILES string of the molecule is CCCCC(=O)N1CCCc2cc(CCN3CCC(C(=O)O)CC3)ccc21. The van der Waals surface area contributed by atoms with Crippen molar-refractivity contribution >= 4 is 17.6 Å². The Morgan fingerprint density at radius 2 is 1.96 bits per heavy atom. The molecule has 0 aromatic heterocycles. The lowest BCUT2D eigenvalue weighted by Crippen LogP contribution is -2.37. The summed E-state index contributed by atoms with van der Waals surface area (Å²) < 4.78 is 0. The Bertz CT molecular complexity index is 666. The maximum atomic E-state index is 12.5. The number of benzene rings is 1. The van der Waals surface area contributed by atoms with Gasteiger partial charge in [0.1, 0.15) is 0 Å². The van der Waals surface area contributed by atoms with Crippen LogP contribution in [0.1, 0.15) is 56.6 Å². The van der Waals surface area contributed by atoms with Gasteiger partial charge in [-0.25, -0.2) is 0 Å². The summed E-state index contributed by atoms with van der Waals surface area (Å²) in [7, 11) is 0. The number of aryl methyl sites for hydroxylation is 1. The molecule has 1 N–H and O–H groups in total. The zero-order valence-electron chi connectivity index (χ0n) is 16.5. The van der Waals surface area contributed by atoms with Gasteiger partial charge in [0, 0.05) is 25.2 Å². The highest BCUT2D eigenvalue weighted by Crippen LogP contribution is 2.29. The van der Waals surface area contributed by atoms with E-state index in [-0.39, 0.29) is 11.8 Å². The lowest BCUT2D eigenvalue weighted by molar-refractivity contribution is -0.143. The monoisotopic (exact) mass is 372 g/mol. The molecule has 2 aliphatic rings. The molecule has 5 heteroatoms. The molecule has 1 aromatic rings. The normalized spacial score (nSPS) is 18.3. The molecular formula is C22H32N2O3. The number of carbonyl (C=O) groups excluding carboxylic acids is 1. The molecule has 1 saturated heterocycles. The Hall–Kier alpha value is -1.88. The van der Waals surface area contributed by atoms with Gasteiger partial charge in [-0.1, -0.05) is 25.5 Å². The van der Waals surface area contributed by atoms with E-state index in [1.54, 1.807) is 0 Å². The van der Waals surface area contributed by atoms with Crippen LogP contribution in [0.5, 0.6) is 0 Å². The summed E-state index contributed by atoms with van der Waals surface area (Å²) in [5.41, 5.74) is 3.72. The van der Waals surface area contributed by atoms with Crippen LogP contribution in [0, 0.1) is 5.92 Å². The molecule has 1 fully saturated rings. The molecule has 0 unspecified atom stereocenters. The van der Waals surface area contributed by atoms with Crippen molar-refractivity contribution in [1.82, 2.24) is 4.90 Å². The first-order chi connectivity index (χ1) is 13.1. The van der Waals surface area contributed by atoms with Gasteiger partial charge in [0.2, 0.25) is 5.91 Å². The quantitative estimate of drug-likeness (QED) is 0.796. The van der Waals surface area contributed by atoms with Crippen LogP contribution in [0.15, 0.2) is 18.2 Å². The second-order valence-corrected chi connectivity index (χ2v) is 7.92. The number of carbonyl (C=O) groups is 2. The van der Waals surface area contributed by atoms with Crippen molar-refractivity contribution in [2.45, 2.75) is 58.3 Å². The van der Waals surface area contributed by atoms with Gasteiger partial charge in [-0.05, 0) is 68.8 Å². The Morgan fingerprint density at radius 1 is 1.19 bits per heavy atom. The van der Waals surface area contributed by atoms with Crippen LogP contribution in [-0.2, 0) is 22.4 Å². The number of nitrogens with zero attached hydrogens (tertiary/aromatic N) is 2. The highest BCUT2D eigenvalue weighted by Gasteiger charge is 2.25. The van der Waals surface area contributed by atoms with Crippen molar-refractivity contribution in [3.63, 3.8) is 0 Å². The van der Waals surface area contributed by atoms with Crippen LogP contribution >= 0.6 is 0 Å². The second kappa shape index (κ2) is 9.36. The third-order valence-corrected chi connectivity index (χ3v) is 5.96. The molecule has 148 valence electrons. The molecule has 27 heavy (non-hydrogen) atoms. The maximum Gasteiger partial charge on any atom is 0.306 e. The largest absolute Gasteiger partial charge is 0.481 e. The van der Waals surface area contributed by atoms with E-state index in [0.717, 1.165) is 76.8 Å². The van der Waals surface area contributed by atoms with Crippen LogP contribution in [0.3, 0.4) is 0 Å². The van der Waals surface area contributed by atoms with Gasteiger partial charge in [-0.2, -0.15) is 0 Å². The minimum Gasteiger partial charge on any atom is -0.481 e. The standard InChI is InChI=1S/C22H32N2O3/c1-2-3-6-21(25)24-12-4-5-19-16-17(7-8-20(19)24)9-13-23-14-10-18(11-15-23)22(26)27/h7-8,16,18H,2-6,9-15H2,1H3,(H,26,27). The van der Waals surface area contributed by atoms with Crippen molar-refractivity contribution in [1.29, 1.82) is 0 Å². The average Bonchev–Trinajstić information content (AvgIpc) is 2.70. The fourth-order valence-electron chi connectivity index (χ4n) is 4.22. The van der Waals surface area contributed by atoms with E-state index in [9.17, 15) is 9.59 Å². The summed E-state index contributed by atoms with van der Waals surface area (Å²) in [4.78, 5) is 27.9. The number of carboxylic acid groups (broad SMARTS) is 1. The number of anilines is 1. The lowest BCUT2D eigenvalue weighted by Gasteiger charge is -2.31. The van der Waals surface area contributed by atoms with Crippen LogP contribution in [0.25, 0.3) is 0 Å². The highest BCUT2D eigenvalue weighted by atomic mass is 16.4. The van der Waals surface area contributed by atoms with Crippen molar-refractivity contribution in [2.75, 3.05) is 31.1 Å². The number of likely N-dealkylation sites (tertiary alicyclic amines) is 1. The predicted octanol–water partition coefficient (Wildman–Crippen LogP) is 3.50. The topological polar surface area (TPSA) is 60.9 Å². The number of carboxylic acids is 1. The molecule has 2 heterocycles. The number of piperidine rings is 1. The number of hydrogen-bond acceptors (Lipinski definition) is 3. The Kier molecular flexibility index (Phi) is 6.89. The van der Waals surface area contributed by atoms with Gasteiger partial charge in [-0.15, -0.1) is 0 Å². The number of fused-ring (bicyclic) bond motifs is 1. The van der Waals surface area contributed by atoms with Gasteiger partial charge in [-0.3, -0.25) is 9.59 Å². The Labute approximate surface area is 162 Å². The fourth-order valence-corrected chi connectivity index (χ4v) is 4.22. The van der Waals surface area contributed by atoms with E-state index in [2.05, 4.69) is 30.0 Å². The van der Waals surface area contributed by atoms with Gasteiger partial charge in [0.15, 0.2) is 0 Å². The van der Waals surface area contributed by atoms with Crippen LogP contribution in [0.4, 0.5) is 5.69 Å². The van der Waals surface area contributed by atoms with Crippen molar-refractivity contribution in [3.8, 4) is 0 Å². The number of rotatable bonds is 7. The van der Waals surface area contributed by atoms with E-state index < -0.39 is 5.97 Å². The number of aliphatic carboxylic acids is 1. The first kappa shape index (κ1) is 19.9. The lowest BCUT2D eigenvalue weighted by atomic mass is 9.96. The van der Waals surface area contributed by atoms with Crippen molar-refractivity contribution < 1.29 is 14.7 Å². The number of hydrogen-bond donors (Lipinski definition) is 1. The summed E-state index contributed by atoms with van der Waals surface area (Å²) in [6.45, 7) is 5.69. The molecule has 2 aliphatic heterocycles. The van der Waals surface area contributed by atoms with Gasteiger partial charge in [0.25, 0.3) is 0 Å². The summed E-state index contributed by atoms with van der Waals surface area (Å²) in [5, 5.41) is 9.11. The number of unbranched alkanes of at least 4 members (excludes halogenated alkanes) is 1.